The quantitative estimate of drug-likeness (QED) is 0.372. The van der Waals surface area contributed by atoms with E-state index in [0.717, 1.165) is 18.4 Å². The van der Waals surface area contributed by atoms with Crippen molar-refractivity contribution in [3.63, 3.8) is 0 Å². The Morgan fingerprint density at radius 2 is 2.15 bits per heavy atom. The van der Waals surface area contributed by atoms with E-state index in [-0.39, 0.29) is 41.9 Å². The third-order valence-electron chi connectivity index (χ3n) is 4.53. The Kier molecular flexibility index (Phi) is 8.74. The first kappa shape index (κ1) is 23.1. The molecule has 1 aromatic rings. The van der Waals surface area contributed by atoms with Gasteiger partial charge < -0.3 is 10.6 Å². The van der Waals surface area contributed by atoms with Gasteiger partial charge in [0.1, 0.15) is 5.82 Å². The molecule has 1 unspecified atom stereocenters. The molecule has 1 saturated heterocycles. The Labute approximate surface area is 172 Å². The van der Waals surface area contributed by atoms with Gasteiger partial charge in [0.2, 0.25) is 10.0 Å². The van der Waals surface area contributed by atoms with Crippen LogP contribution in [0.4, 0.5) is 4.39 Å². The summed E-state index contributed by atoms with van der Waals surface area (Å²) in [6.45, 7) is 4.71. The lowest BCUT2D eigenvalue weighted by molar-refractivity contribution is 0.387. The zero-order chi connectivity index (χ0) is 18.6. The molecule has 2 rings (SSSR count). The van der Waals surface area contributed by atoms with Crippen LogP contribution in [0.25, 0.3) is 0 Å². The number of nitrogens with one attached hydrogen (secondary N) is 2. The monoisotopic (exact) mass is 498 g/mol. The van der Waals surface area contributed by atoms with Crippen molar-refractivity contribution in [2.75, 3.05) is 26.4 Å². The molecule has 1 aromatic carbocycles. The minimum Gasteiger partial charge on any atom is -0.355 e. The summed E-state index contributed by atoms with van der Waals surface area (Å²) in [4.78, 5) is 4.17. The van der Waals surface area contributed by atoms with E-state index >= 15 is 0 Å². The van der Waals surface area contributed by atoms with Gasteiger partial charge >= 0.3 is 0 Å². The minimum atomic E-state index is -3.19. The highest BCUT2D eigenvalue weighted by Gasteiger charge is 2.31. The first-order chi connectivity index (χ1) is 11.7. The maximum Gasteiger partial charge on any atom is 0.211 e. The molecule has 9 heteroatoms. The van der Waals surface area contributed by atoms with Gasteiger partial charge in [0.05, 0.1) is 12.3 Å². The zero-order valence-corrected chi connectivity index (χ0v) is 18.8. The number of nitrogens with zero attached hydrogens (tertiary/aromatic N) is 2. The molecule has 26 heavy (non-hydrogen) atoms. The lowest BCUT2D eigenvalue weighted by Crippen LogP contribution is -2.46. The van der Waals surface area contributed by atoms with Crippen LogP contribution in [0.1, 0.15) is 36.9 Å². The highest BCUT2D eigenvalue weighted by atomic mass is 127. The summed E-state index contributed by atoms with van der Waals surface area (Å²) in [5.41, 5.74) is 1.44. The first-order valence-corrected chi connectivity index (χ1v) is 10.3. The molecule has 1 aliphatic rings. The fourth-order valence-electron chi connectivity index (χ4n) is 3.03. The van der Waals surface area contributed by atoms with E-state index < -0.39 is 10.0 Å². The molecule has 1 heterocycles. The van der Waals surface area contributed by atoms with Crippen molar-refractivity contribution in [3.05, 3.63) is 35.1 Å². The van der Waals surface area contributed by atoms with Crippen LogP contribution in [0.15, 0.2) is 23.2 Å². The third-order valence-corrected chi connectivity index (χ3v) is 5.86. The molecule has 2 N–H and O–H groups in total. The van der Waals surface area contributed by atoms with Gasteiger partial charge in [-0.15, -0.1) is 24.0 Å². The predicted octanol–water partition coefficient (Wildman–Crippen LogP) is 2.40. The molecule has 0 radical (unpaired) electrons. The number of guanidine groups is 1. The maximum absolute atomic E-state index is 13.7. The van der Waals surface area contributed by atoms with Gasteiger partial charge in [-0.05, 0) is 43.9 Å². The second kappa shape index (κ2) is 9.84. The summed E-state index contributed by atoms with van der Waals surface area (Å²) >= 11 is 0. The second-order valence-electron chi connectivity index (χ2n) is 6.50. The van der Waals surface area contributed by atoms with Crippen molar-refractivity contribution >= 4 is 40.0 Å². The maximum atomic E-state index is 13.7. The summed E-state index contributed by atoms with van der Waals surface area (Å²) in [6, 6.07) is 4.95. The molecular weight excluding hydrogens is 470 g/mol. The zero-order valence-electron chi connectivity index (χ0n) is 15.6. The van der Waals surface area contributed by atoms with E-state index in [9.17, 15) is 12.8 Å². The van der Waals surface area contributed by atoms with Gasteiger partial charge in [-0.1, -0.05) is 12.1 Å². The largest absolute Gasteiger partial charge is 0.355 e. The van der Waals surface area contributed by atoms with Crippen LogP contribution in [-0.2, 0) is 10.0 Å². The summed E-state index contributed by atoms with van der Waals surface area (Å²) < 4.78 is 38.9. The van der Waals surface area contributed by atoms with Crippen LogP contribution >= 0.6 is 24.0 Å². The Morgan fingerprint density at radius 1 is 1.46 bits per heavy atom. The Hall–Kier alpha value is -0.940. The fourth-order valence-corrected chi connectivity index (χ4v) is 4.21. The second-order valence-corrected chi connectivity index (χ2v) is 8.43. The number of halogens is 2. The van der Waals surface area contributed by atoms with Gasteiger partial charge in [0.25, 0.3) is 0 Å². The molecule has 2 atom stereocenters. The van der Waals surface area contributed by atoms with E-state index in [1.807, 2.05) is 13.0 Å². The molecule has 148 valence electrons. The molecule has 0 aliphatic carbocycles. The van der Waals surface area contributed by atoms with Gasteiger partial charge in [-0.3, -0.25) is 4.99 Å². The lowest BCUT2D eigenvalue weighted by Gasteiger charge is -2.24. The number of hydrogen-bond acceptors (Lipinski definition) is 3. The average Bonchev–Trinajstić information content (AvgIpc) is 3.02. The molecule has 6 nitrogen and oxygen atoms in total. The number of sulfonamides is 1. The third kappa shape index (κ3) is 6.05. The summed E-state index contributed by atoms with van der Waals surface area (Å²) in [7, 11) is -1.54. The van der Waals surface area contributed by atoms with Gasteiger partial charge in [-0.25, -0.2) is 12.8 Å². The first-order valence-electron chi connectivity index (χ1n) is 8.42. The molecule has 0 saturated carbocycles. The number of aryl methyl sites for hydroxylation is 1. The smallest absolute Gasteiger partial charge is 0.211 e. The molecular formula is C17H28FIN4O2S. The Morgan fingerprint density at radius 3 is 2.73 bits per heavy atom. The van der Waals surface area contributed by atoms with Crippen molar-refractivity contribution < 1.29 is 12.8 Å². The van der Waals surface area contributed by atoms with Crippen molar-refractivity contribution in [2.45, 2.75) is 38.8 Å². The summed E-state index contributed by atoms with van der Waals surface area (Å²) in [6.07, 6.45) is 2.94. The van der Waals surface area contributed by atoms with E-state index in [0.29, 0.717) is 24.6 Å². The Balaban J connectivity index is 0.00000338. The Bertz CT molecular complexity index is 742. The topological polar surface area (TPSA) is 73.8 Å². The van der Waals surface area contributed by atoms with E-state index in [2.05, 4.69) is 15.6 Å². The van der Waals surface area contributed by atoms with E-state index in [4.69, 9.17) is 0 Å². The van der Waals surface area contributed by atoms with Crippen LogP contribution in [0.2, 0.25) is 0 Å². The molecule has 0 spiro atoms. The highest BCUT2D eigenvalue weighted by Crippen LogP contribution is 2.20. The number of hydrogen-bond donors (Lipinski definition) is 2. The van der Waals surface area contributed by atoms with Gasteiger partial charge in [-0.2, -0.15) is 4.31 Å². The van der Waals surface area contributed by atoms with Crippen molar-refractivity contribution in [2.24, 2.45) is 4.99 Å². The van der Waals surface area contributed by atoms with Crippen LogP contribution in [0.3, 0.4) is 0 Å². The predicted molar refractivity (Wildman–Crippen MR) is 114 cm³/mol. The summed E-state index contributed by atoms with van der Waals surface area (Å²) in [5.74, 6) is 0.331. The van der Waals surface area contributed by atoms with Crippen molar-refractivity contribution in [1.82, 2.24) is 14.9 Å². The standard InChI is InChI=1S/C17H27FN4O2S.HI/c1-12-7-8-14(10-16(12)18)13(2)21-17(19-3)20-11-15-6-5-9-22(15)25(4,23)24;/h7-8,10,13,15H,5-6,9,11H2,1-4H3,(H2,19,20,21);1H/t13?,15-;/m1./s1. The van der Waals surface area contributed by atoms with Crippen LogP contribution in [0, 0.1) is 12.7 Å². The lowest BCUT2D eigenvalue weighted by atomic mass is 10.1. The molecule has 0 bridgehead atoms. The fraction of sp³-hybridized carbons (Fsp3) is 0.588. The van der Waals surface area contributed by atoms with E-state index in [1.54, 1.807) is 20.0 Å². The normalized spacial score (nSPS) is 19.7. The number of aliphatic imine (C=N–C) groups is 1. The van der Waals surface area contributed by atoms with Gasteiger partial charge in [0, 0.05) is 26.2 Å². The van der Waals surface area contributed by atoms with Crippen LogP contribution in [-0.4, -0.2) is 51.1 Å². The van der Waals surface area contributed by atoms with Crippen LogP contribution in [0.5, 0.6) is 0 Å². The minimum absolute atomic E-state index is 0. The molecule has 0 amide bonds. The SMILES string of the molecule is CN=C(NC[C@H]1CCCN1S(C)(=O)=O)NC(C)c1ccc(C)c(F)c1.I. The number of benzene rings is 1. The molecule has 1 aliphatic heterocycles. The van der Waals surface area contributed by atoms with E-state index in [1.165, 1.54) is 16.6 Å². The average molecular weight is 498 g/mol. The van der Waals surface area contributed by atoms with Crippen LogP contribution < -0.4 is 10.6 Å². The molecule has 1 fully saturated rings. The number of rotatable bonds is 5. The summed E-state index contributed by atoms with van der Waals surface area (Å²) in [5, 5.41) is 6.39. The highest BCUT2D eigenvalue weighted by molar-refractivity contribution is 14.0. The van der Waals surface area contributed by atoms with Crippen molar-refractivity contribution in [1.29, 1.82) is 0 Å². The molecule has 0 aromatic heterocycles. The van der Waals surface area contributed by atoms with Gasteiger partial charge in [0.15, 0.2) is 5.96 Å². The van der Waals surface area contributed by atoms with Crippen molar-refractivity contribution in [3.8, 4) is 0 Å².